The lowest BCUT2D eigenvalue weighted by Crippen LogP contribution is -2.19. The van der Waals surface area contributed by atoms with E-state index < -0.39 is 0 Å². The maximum atomic E-state index is 12.1. The summed E-state index contributed by atoms with van der Waals surface area (Å²) in [6.45, 7) is 2.52. The van der Waals surface area contributed by atoms with Crippen LogP contribution in [0.15, 0.2) is 52.4 Å². The smallest absolute Gasteiger partial charge is 0.264 e. The molecule has 0 bridgehead atoms. The standard InChI is InChI=1S/C18H16N2O4S/c1-2-24-13-6-4-12(5-7-13)19-18-20-17(23)16(25-18)10-11-3-8-14(21)15(22)9-11/h3-10,21-22H,2H2,1H3,(H,19,20,23)/b16-10-. The van der Waals surface area contributed by atoms with Gasteiger partial charge in [0.05, 0.1) is 17.2 Å². The van der Waals surface area contributed by atoms with Gasteiger partial charge in [0.2, 0.25) is 0 Å². The number of phenolic OH excluding ortho intramolecular Hbond substituents is 2. The maximum Gasteiger partial charge on any atom is 0.264 e. The molecule has 0 aliphatic carbocycles. The molecule has 0 spiro atoms. The summed E-state index contributed by atoms with van der Waals surface area (Å²) in [7, 11) is 0. The molecule has 25 heavy (non-hydrogen) atoms. The fraction of sp³-hybridized carbons (Fsp3) is 0.111. The fourth-order valence-corrected chi connectivity index (χ4v) is 3.00. The van der Waals surface area contributed by atoms with Crippen molar-refractivity contribution in [2.75, 3.05) is 6.61 Å². The predicted molar refractivity (Wildman–Crippen MR) is 98.2 cm³/mol. The number of thioether (sulfide) groups is 1. The molecule has 7 heteroatoms. The van der Waals surface area contributed by atoms with E-state index in [9.17, 15) is 15.0 Å². The zero-order valence-corrected chi connectivity index (χ0v) is 14.2. The van der Waals surface area contributed by atoms with Gasteiger partial charge in [0.1, 0.15) is 5.75 Å². The number of ether oxygens (including phenoxy) is 1. The molecule has 0 atom stereocenters. The number of nitrogens with zero attached hydrogens (tertiary/aromatic N) is 1. The van der Waals surface area contributed by atoms with E-state index in [1.165, 1.54) is 23.9 Å². The lowest BCUT2D eigenvalue weighted by Gasteiger charge is -2.02. The van der Waals surface area contributed by atoms with Crippen LogP contribution in [0.2, 0.25) is 0 Å². The van der Waals surface area contributed by atoms with Crippen molar-refractivity contribution in [3.05, 3.63) is 52.9 Å². The third kappa shape index (κ3) is 4.13. The third-order valence-electron chi connectivity index (χ3n) is 3.33. The van der Waals surface area contributed by atoms with Crippen molar-refractivity contribution in [1.82, 2.24) is 5.32 Å². The van der Waals surface area contributed by atoms with Crippen molar-refractivity contribution < 1.29 is 19.7 Å². The number of amides is 1. The summed E-state index contributed by atoms with van der Waals surface area (Å²) in [6.07, 6.45) is 1.62. The van der Waals surface area contributed by atoms with Gasteiger partial charge in [-0.2, -0.15) is 0 Å². The quantitative estimate of drug-likeness (QED) is 0.577. The van der Waals surface area contributed by atoms with E-state index in [0.29, 0.717) is 27.9 Å². The van der Waals surface area contributed by atoms with Crippen LogP contribution < -0.4 is 10.1 Å². The van der Waals surface area contributed by atoms with E-state index in [-0.39, 0.29) is 17.4 Å². The molecule has 1 saturated heterocycles. The molecule has 1 amide bonds. The molecule has 1 aliphatic rings. The Balaban J connectivity index is 1.77. The van der Waals surface area contributed by atoms with Crippen LogP contribution >= 0.6 is 11.8 Å². The van der Waals surface area contributed by atoms with Gasteiger partial charge in [-0.05, 0) is 66.7 Å². The van der Waals surface area contributed by atoms with Crippen LogP contribution in [0.1, 0.15) is 12.5 Å². The number of carbonyl (C=O) groups excluding carboxylic acids is 1. The van der Waals surface area contributed by atoms with Crippen molar-refractivity contribution in [3.8, 4) is 17.2 Å². The minimum absolute atomic E-state index is 0.205. The molecular weight excluding hydrogens is 340 g/mol. The van der Waals surface area contributed by atoms with E-state index in [4.69, 9.17) is 4.74 Å². The average molecular weight is 356 g/mol. The first kappa shape index (κ1) is 16.9. The highest BCUT2D eigenvalue weighted by molar-refractivity contribution is 8.18. The molecule has 6 nitrogen and oxygen atoms in total. The molecule has 0 saturated carbocycles. The van der Waals surface area contributed by atoms with Crippen molar-refractivity contribution in [1.29, 1.82) is 0 Å². The zero-order chi connectivity index (χ0) is 17.8. The second-order valence-electron chi connectivity index (χ2n) is 5.16. The molecule has 1 aliphatic heterocycles. The van der Waals surface area contributed by atoms with Gasteiger partial charge in [-0.1, -0.05) is 6.07 Å². The summed E-state index contributed by atoms with van der Waals surface area (Å²) in [4.78, 5) is 16.9. The van der Waals surface area contributed by atoms with Crippen LogP contribution in [0, 0.1) is 0 Å². The van der Waals surface area contributed by atoms with Gasteiger partial charge in [0.25, 0.3) is 5.91 Å². The Morgan fingerprint density at radius 3 is 2.60 bits per heavy atom. The number of aliphatic imine (C=N–C) groups is 1. The number of rotatable bonds is 4. The van der Waals surface area contributed by atoms with Gasteiger partial charge >= 0.3 is 0 Å². The first-order valence-electron chi connectivity index (χ1n) is 7.59. The molecule has 3 N–H and O–H groups in total. The topological polar surface area (TPSA) is 91.2 Å². The molecule has 2 aromatic rings. The van der Waals surface area contributed by atoms with E-state index in [1.807, 2.05) is 31.2 Å². The summed E-state index contributed by atoms with van der Waals surface area (Å²) in [6, 6.07) is 11.6. The van der Waals surface area contributed by atoms with E-state index >= 15 is 0 Å². The minimum Gasteiger partial charge on any atom is -0.504 e. The highest BCUT2D eigenvalue weighted by atomic mass is 32.2. The molecule has 0 unspecified atom stereocenters. The summed E-state index contributed by atoms with van der Waals surface area (Å²) in [5, 5.41) is 22.0. The number of nitrogens with one attached hydrogen (secondary N) is 1. The van der Waals surface area contributed by atoms with Gasteiger partial charge in [-0.25, -0.2) is 4.99 Å². The monoisotopic (exact) mass is 356 g/mol. The molecule has 3 rings (SSSR count). The summed E-state index contributed by atoms with van der Waals surface area (Å²) >= 11 is 1.21. The Hall–Kier alpha value is -2.93. The largest absolute Gasteiger partial charge is 0.504 e. The zero-order valence-electron chi connectivity index (χ0n) is 13.4. The molecular formula is C18H16N2O4S. The van der Waals surface area contributed by atoms with Crippen LogP contribution in [0.25, 0.3) is 6.08 Å². The number of amidine groups is 1. The number of hydrogen-bond acceptors (Lipinski definition) is 6. The number of benzene rings is 2. The van der Waals surface area contributed by atoms with Gasteiger partial charge in [0.15, 0.2) is 16.7 Å². The Bertz CT molecular complexity index is 860. The van der Waals surface area contributed by atoms with Crippen molar-refractivity contribution in [2.45, 2.75) is 6.92 Å². The van der Waals surface area contributed by atoms with E-state index in [0.717, 1.165) is 5.75 Å². The van der Waals surface area contributed by atoms with Crippen molar-refractivity contribution in [3.63, 3.8) is 0 Å². The molecule has 1 fully saturated rings. The van der Waals surface area contributed by atoms with Gasteiger partial charge in [-0.3, -0.25) is 4.79 Å². The van der Waals surface area contributed by atoms with Gasteiger partial charge in [-0.15, -0.1) is 0 Å². The third-order valence-corrected chi connectivity index (χ3v) is 4.24. The van der Waals surface area contributed by atoms with Crippen LogP contribution in [-0.4, -0.2) is 27.9 Å². The van der Waals surface area contributed by atoms with E-state index in [1.54, 1.807) is 12.1 Å². The molecule has 128 valence electrons. The average Bonchev–Trinajstić information content (AvgIpc) is 2.92. The lowest BCUT2D eigenvalue weighted by molar-refractivity contribution is -0.115. The predicted octanol–water partition coefficient (Wildman–Crippen LogP) is 3.39. The van der Waals surface area contributed by atoms with Crippen molar-refractivity contribution >= 4 is 34.6 Å². The highest BCUT2D eigenvalue weighted by Gasteiger charge is 2.23. The first-order chi connectivity index (χ1) is 12.0. The maximum absolute atomic E-state index is 12.1. The summed E-state index contributed by atoms with van der Waals surface area (Å²) in [5.41, 5.74) is 1.31. The SMILES string of the molecule is CCOc1ccc(N=C2NC(=O)/C(=C/c3ccc(O)c(O)c3)S2)cc1. The van der Waals surface area contributed by atoms with Gasteiger partial charge < -0.3 is 20.3 Å². The molecule has 2 aromatic carbocycles. The Labute approximate surface area is 148 Å². The van der Waals surface area contributed by atoms with Crippen LogP contribution in [-0.2, 0) is 4.79 Å². The minimum atomic E-state index is -0.262. The molecule has 0 aromatic heterocycles. The normalized spacial score (nSPS) is 17.1. The number of aromatic hydroxyl groups is 2. The van der Waals surface area contributed by atoms with Crippen LogP contribution in [0.5, 0.6) is 17.2 Å². The van der Waals surface area contributed by atoms with Crippen LogP contribution in [0.3, 0.4) is 0 Å². The Morgan fingerprint density at radius 1 is 1.16 bits per heavy atom. The Kier molecular flexibility index (Phi) is 4.95. The van der Waals surface area contributed by atoms with E-state index in [2.05, 4.69) is 10.3 Å². The highest BCUT2D eigenvalue weighted by Crippen LogP contribution is 2.31. The molecule has 0 radical (unpaired) electrons. The fourth-order valence-electron chi connectivity index (χ4n) is 2.16. The van der Waals surface area contributed by atoms with Crippen LogP contribution in [0.4, 0.5) is 5.69 Å². The number of hydrogen-bond donors (Lipinski definition) is 3. The number of phenols is 2. The summed E-state index contributed by atoms with van der Waals surface area (Å²) in [5.74, 6) is 0.0639. The second-order valence-corrected chi connectivity index (χ2v) is 6.19. The Morgan fingerprint density at radius 2 is 1.92 bits per heavy atom. The number of carbonyl (C=O) groups is 1. The first-order valence-corrected chi connectivity index (χ1v) is 8.41. The van der Waals surface area contributed by atoms with Gasteiger partial charge in [0, 0.05) is 0 Å². The summed E-state index contributed by atoms with van der Waals surface area (Å²) < 4.78 is 5.38. The second kappa shape index (κ2) is 7.31. The molecule has 1 heterocycles. The van der Waals surface area contributed by atoms with Crippen molar-refractivity contribution in [2.24, 2.45) is 4.99 Å². The lowest BCUT2D eigenvalue weighted by atomic mass is 10.2.